The van der Waals surface area contributed by atoms with Crippen LogP contribution in [-0.4, -0.2) is 26.2 Å². The molecule has 7 nitrogen and oxygen atoms in total. The van der Waals surface area contributed by atoms with Gasteiger partial charge in [0.15, 0.2) is 11.2 Å². The summed E-state index contributed by atoms with van der Waals surface area (Å²) >= 11 is 0. The van der Waals surface area contributed by atoms with Gasteiger partial charge in [0.05, 0.1) is 17.0 Å². The molecule has 0 aliphatic carbocycles. The van der Waals surface area contributed by atoms with Crippen LogP contribution in [0.3, 0.4) is 0 Å². The Morgan fingerprint density at radius 1 is 1.04 bits per heavy atom. The Bertz CT molecular complexity index is 1060. The Morgan fingerprint density at radius 3 is 2.40 bits per heavy atom. The Kier molecular flexibility index (Phi) is 3.84. The van der Waals surface area contributed by atoms with E-state index in [2.05, 4.69) is 0 Å². The van der Waals surface area contributed by atoms with Crippen molar-refractivity contribution in [3.8, 4) is 23.2 Å². The molecular formula is C18H14O7. The molecule has 3 aromatic rings. The first-order valence-electron chi connectivity index (χ1n) is 7.30. The van der Waals surface area contributed by atoms with Gasteiger partial charge < -0.3 is 24.8 Å². The van der Waals surface area contributed by atoms with Crippen LogP contribution in [0, 0.1) is 0 Å². The SMILES string of the molecule is CC(=O)c1c(Cc2cc(=O)cc(O)o2)cc2cc(O)cc(O)c2c1O. The molecule has 7 heteroatoms. The molecule has 0 saturated carbocycles. The van der Waals surface area contributed by atoms with Crippen LogP contribution in [0.1, 0.15) is 28.6 Å². The van der Waals surface area contributed by atoms with Gasteiger partial charge in [0, 0.05) is 18.6 Å². The molecule has 0 amide bonds. The number of carbonyl (C=O) groups is 1. The van der Waals surface area contributed by atoms with E-state index >= 15 is 0 Å². The predicted octanol–water partition coefficient (Wildman–Crippen LogP) is 2.41. The lowest BCUT2D eigenvalue weighted by molar-refractivity contribution is 0.101. The summed E-state index contributed by atoms with van der Waals surface area (Å²) in [6, 6.07) is 5.93. The Hall–Kier alpha value is -3.48. The molecule has 1 aromatic heterocycles. The Labute approximate surface area is 141 Å². The van der Waals surface area contributed by atoms with Crippen molar-refractivity contribution in [1.29, 1.82) is 0 Å². The largest absolute Gasteiger partial charge is 0.508 e. The normalized spacial score (nSPS) is 10.9. The topological polar surface area (TPSA) is 128 Å². The summed E-state index contributed by atoms with van der Waals surface area (Å²) in [7, 11) is 0. The van der Waals surface area contributed by atoms with Crippen molar-refractivity contribution < 1.29 is 29.6 Å². The first-order valence-corrected chi connectivity index (χ1v) is 7.30. The van der Waals surface area contributed by atoms with Crippen molar-refractivity contribution in [1.82, 2.24) is 0 Å². The Balaban J connectivity index is 2.27. The third-order valence-electron chi connectivity index (χ3n) is 3.78. The van der Waals surface area contributed by atoms with Crippen LogP contribution in [0.25, 0.3) is 10.8 Å². The average Bonchev–Trinajstić information content (AvgIpc) is 2.44. The third-order valence-corrected chi connectivity index (χ3v) is 3.78. The van der Waals surface area contributed by atoms with E-state index in [1.165, 1.54) is 19.1 Å². The van der Waals surface area contributed by atoms with Crippen LogP contribution in [-0.2, 0) is 6.42 Å². The molecule has 0 aliphatic heterocycles. The minimum absolute atomic E-state index is 0.0316. The summed E-state index contributed by atoms with van der Waals surface area (Å²) in [5, 5.41) is 39.8. The number of benzene rings is 2. The molecule has 1 heterocycles. The maximum absolute atomic E-state index is 12.0. The minimum atomic E-state index is -0.563. The zero-order valence-corrected chi connectivity index (χ0v) is 13.1. The van der Waals surface area contributed by atoms with E-state index < -0.39 is 22.9 Å². The molecule has 4 N–H and O–H groups in total. The van der Waals surface area contributed by atoms with Gasteiger partial charge in [0.2, 0.25) is 0 Å². The van der Waals surface area contributed by atoms with Crippen LogP contribution in [0.4, 0.5) is 0 Å². The standard InChI is InChI=1S/C18H14O7/c1-8(19)16-10(4-13-5-12(21)7-15(23)25-13)2-9-3-11(20)6-14(22)17(9)18(16)24/h2-3,5-7,20,22-24H,4H2,1H3. The van der Waals surface area contributed by atoms with Gasteiger partial charge in [-0.2, -0.15) is 0 Å². The van der Waals surface area contributed by atoms with Crippen LogP contribution in [0.5, 0.6) is 23.2 Å². The molecule has 0 bridgehead atoms. The molecule has 128 valence electrons. The van der Waals surface area contributed by atoms with Gasteiger partial charge in [0.1, 0.15) is 23.0 Å². The van der Waals surface area contributed by atoms with Crippen molar-refractivity contribution in [2.45, 2.75) is 13.3 Å². The molecule has 2 aromatic carbocycles. The highest BCUT2D eigenvalue weighted by molar-refractivity contribution is 6.07. The number of fused-ring (bicyclic) bond motifs is 1. The number of ketones is 1. The van der Waals surface area contributed by atoms with Crippen molar-refractivity contribution in [2.75, 3.05) is 0 Å². The molecule has 0 atom stereocenters. The summed E-state index contributed by atoms with van der Waals surface area (Å²) in [6.07, 6.45) is -0.0571. The average molecular weight is 342 g/mol. The van der Waals surface area contributed by atoms with E-state index in [1.54, 1.807) is 0 Å². The van der Waals surface area contributed by atoms with Gasteiger partial charge in [-0.25, -0.2) is 0 Å². The number of phenolic OH excluding ortho intramolecular Hbond substituents is 3. The second-order valence-electron chi connectivity index (χ2n) is 5.65. The van der Waals surface area contributed by atoms with E-state index in [4.69, 9.17) is 4.42 Å². The molecule has 25 heavy (non-hydrogen) atoms. The summed E-state index contributed by atoms with van der Waals surface area (Å²) in [5.41, 5.74) is -0.195. The van der Waals surface area contributed by atoms with Gasteiger partial charge in [-0.1, -0.05) is 0 Å². The van der Waals surface area contributed by atoms with Gasteiger partial charge in [-0.05, 0) is 30.0 Å². The highest BCUT2D eigenvalue weighted by atomic mass is 16.5. The fourth-order valence-electron chi connectivity index (χ4n) is 2.86. The molecule has 0 radical (unpaired) electrons. The molecule has 0 aliphatic rings. The second-order valence-corrected chi connectivity index (χ2v) is 5.65. The first kappa shape index (κ1) is 16.4. The number of phenols is 3. The lowest BCUT2D eigenvalue weighted by atomic mass is 9.94. The van der Waals surface area contributed by atoms with E-state index in [9.17, 15) is 30.0 Å². The van der Waals surface area contributed by atoms with Crippen LogP contribution in [0.2, 0.25) is 0 Å². The zero-order chi connectivity index (χ0) is 18.3. The monoisotopic (exact) mass is 342 g/mol. The lowest BCUT2D eigenvalue weighted by Gasteiger charge is -2.13. The van der Waals surface area contributed by atoms with E-state index in [0.29, 0.717) is 10.9 Å². The first-order chi connectivity index (χ1) is 11.8. The summed E-state index contributed by atoms with van der Waals surface area (Å²) < 4.78 is 5.06. The van der Waals surface area contributed by atoms with Crippen LogP contribution < -0.4 is 5.43 Å². The molecule has 0 spiro atoms. The highest BCUT2D eigenvalue weighted by Crippen LogP contribution is 2.40. The summed E-state index contributed by atoms with van der Waals surface area (Å²) in [5.74, 6) is -1.94. The van der Waals surface area contributed by atoms with Crippen LogP contribution >= 0.6 is 0 Å². The number of rotatable bonds is 3. The maximum Gasteiger partial charge on any atom is 0.285 e. The van der Waals surface area contributed by atoms with Crippen molar-refractivity contribution in [2.24, 2.45) is 0 Å². The summed E-state index contributed by atoms with van der Waals surface area (Å²) in [6.45, 7) is 1.25. The molecule has 3 rings (SSSR count). The van der Waals surface area contributed by atoms with Crippen LogP contribution in [0.15, 0.2) is 39.5 Å². The fourth-order valence-corrected chi connectivity index (χ4v) is 2.86. The quantitative estimate of drug-likeness (QED) is 0.538. The summed E-state index contributed by atoms with van der Waals surface area (Å²) in [4.78, 5) is 23.5. The van der Waals surface area contributed by atoms with Gasteiger partial charge >= 0.3 is 0 Å². The second kappa shape index (κ2) is 5.86. The third kappa shape index (κ3) is 2.99. The fraction of sp³-hybridized carbons (Fsp3) is 0.111. The maximum atomic E-state index is 12.0. The lowest BCUT2D eigenvalue weighted by Crippen LogP contribution is -2.04. The number of Topliss-reactive ketones (excluding diaryl/α,β-unsaturated/α-hetero) is 1. The molecule has 0 fully saturated rings. The highest BCUT2D eigenvalue weighted by Gasteiger charge is 2.20. The number of aromatic hydroxyl groups is 4. The zero-order valence-electron chi connectivity index (χ0n) is 13.1. The van der Waals surface area contributed by atoms with E-state index in [0.717, 1.165) is 18.2 Å². The van der Waals surface area contributed by atoms with Gasteiger partial charge in [-0.3, -0.25) is 9.59 Å². The minimum Gasteiger partial charge on any atom is -0.508 e. The predicted molar refractivity (Wildman–Crippen MR) is 88.4 cm³/mol. The number of carbonyl (C=O) groups excluding carboxylic acids is 1. The molecule has 0 saturated heterocycles. The van der Waals surface area contributed by atoms with E-state index in [1.807, 2.05) is 0 Å². The number of hydrogen-bond acceptors (Lipinski definition) is 7. The van der Waals surface area contributed by atoms with E-state index in [-0.39, 0.29) is 34.6 Å². The van der Waals surface area contributed by atoms with Gasteiger partial charge in [0.25, 0.3) is 5.95 Å². The molecular weight excluding hydrogens is 328 g/mol. The molecule has 0 unspecified atom stereocenters. The number of hydrogen-bond donors (Lipinski definition) is 4. The van der Waals surface area contributed by atoms with Crippen molar-refractivity contribution >= 4 is 16.6 Å². The Morgan fingerprint density at radius 2 is 1.76 bits per heavy atom. The van der Waals surface area contributed by atoms with Crippen molar-refractivity contribution in [3.63, 3.8) is 0 Å². The smallest absolute Gasteiger partial charge is 0.285 e. The van der Waals surface area contributed by atoms with Gasteiger partial charge in [-0.15, -0.1) is 0 Å². The van der Waals surface area contributed by atoms with Crippen molar-refractivity contribution in [3.05, 3.63) is 57.4 Å².